The normalized spacial score (nSPS) is 11.0. The second kappa shape index (κ2) is 8.86. The summed E-state index contributed by atoms with van der Waals surface area (Å²) in [5, 5.41) is 17.6. The minimum Gasteiger partial charge on any atom is -0.484 e. The van der Waals surface area contributed by atoms with Crippen molar-refractivity contribution in [2.45, 2.75) is 24.5 Å². The highest BCUT2D eigenvalue weighted by Gasteiger charge is 2.14. The van der Waals surface area contributed by atoms with Crippen LogP contribution in [0.15, 0.2) is 56.5 Å². The van der Waals surface area contributed by atoms with E-state index < -0.39 is 0 Å². The molecular formula is C19H14Cl2N4O3S. The average Bonchev–Trinajstić information content (AvgIpc) is 3.35. The number of rotatable bonds is 7. The van der Waals surface area contributed by atoms with Gasteiger partial charge in [-0.15, -0.1) is 20.4 Å². The topological polar surface area (TPSA) is 87.1 Å². The fourth-order valence-electron chi connectivity index (χ4n) is 2.45. The van der Waals surface area contributed by atoms with Crippen LogP contribution in [0.2, 0.25) is 10.0 Å². The molecule has 0 aliphatic rings. The van der Waals surface area contributed by atoms with E-state index in [1.807, 2.05) is 31.2 Å². The highest BCUT2D eigenvalue weighted by molar-refractivity contribution is 7.98. The Morgan fingerprint density at radius 1 is 0.966 bits per heavy atom. The summed E-state index contributed by atoms with van der Waals surface area (Å²) < 4.78 is 16.9. The Hall–Kier alpha value is -2.55. The number of hydrogen-bond donors (Lipinski definition) is 0. The van der Waals surface area contributed by atoms with Crippen LogP contribution in [0.4, 0.5) is 0 Å². The number of thioether (sulfide) groups is 1. The number of nitrogens with zero attached hydrogens (tertiary/aromatic N) is 4. The second-order valence-corrected chi connectivity index (χ2v) is 7.70. The van der Waals surface area contributed by atoms with Crippen LogP contribution < -0.4 is 4.74 Å². The Morgan fingerprint density at radius 2 is 1.79 bits per heavy atom. The fraction of sp³-hybridized carbons (Fsp3) is 0.158. The first kappa shape index (κ1) is 19.8. The van der Waals surface area contributed by atoms with Gasteiger partial charge in [0.05, 0.1) is 16.3 Å². The molecule has 0 N–H and O–H groups in total. The first-order valence-corrected chi connectivity index (χ1v) is 10.2. The van der Waals surface area contributed by atoms with Gasteiger partial charge in [-0.25, -0.2) is 0 Å². The summed E-state index contributed by atoms with van der Waals surface area (Å²) >= 11 is 13.4. The molecule has 0 spiro atoms. The van der Waals surface area contributed by atoms with E-state index in [0.29, 0.717) is 50.0 Å². The van der Waals surface area contributed by atoms with Gasteiger partial charge in [0.2, 0.25) is 11.8 Å². The molecule has 0 amide bonds. The molecule has 0 aliphatic heterocycles. The van der Waals surface area contributed by atoms with Gasteiger partial charge in [-0.3, -0.25) is 0 Å². The molecule has 29 heavy (non-hydrogen) atoms. The third kappa shape index (κ3) is 4.90. The minimum absolute atomic E-state index is 0.160. The van der Waals surface area contributed by atoms with Gasteiger partial charge < -0.3 is 13.6 Å². The third-order valence-corrected chi connectivity index (χ3v) is 5.19. The van der Waals surface area contributed by atoms with Crippen molar-refractivity contribution in [1.82, 2.24) is 20.4 Å². The highest BCUT2D eigenvalue weighted by atomic mass is 35.5. The monoisotopic (exact) mass is 448 g/mol. The van der Waals surface area contributed by atoms with E-state index in [2.05, 4.69) is 20.4 Å². The van der Waals surface area contributed by atoms with Crippen LogP contribution >= 0.6 is 35.0 Å². The molecule has 0 atom stereocenters. The van der Waals surface area contributed by atoms with Crippen molar-refractivity contribution in [1.29, 1.82) is 0 Å². The largest absolute Gasteiger partial charge is 0.484 e. The Labute approximate surface area is 180 Å². The zero-order chi connectivity index (χ0) is 20.2. The zero-order valence-electron chi connectivity index (χ0n) is 15.1. The van der Waals surface area contributed by atoms with E-state index >= 15 is 0 Å². The van der Waals surface area contributed by atoms with Gasteiger partial charge in [0.1, 0.15) is 5.75 Å². The van der Waals surface area contributed by atoms with Crippen LogP contribution in [-0.4, -0.2) is 20.4 Å². The van der Waals surface area contributed by atoms with Crippen molar-refractivity contribution in [3.05, 3.63) is 69.9 Å². The van der Waals surface area contributed by atoms with Gasteiger partial charge in [-0.05, 0) is 42.8 Å². The Morgan fingerprint density at radius 3 is 2.62 bits per heavy atom. The molecule has 2 heterocycles. The lowest BCUT2D eigenvalue weighted by Crippen LogP contribution is -1.97. The van der Waals surface area contributed by atoms with Crippen LogP contribution in [0.5, 0.6) is 5.75 Å². The molecule has 0 radical (unpaired) electrons. The molecule has 0 bridgehead atoms. The summed E-state index contributed by atoms with van der Waals surface area (Å²) in [6.07, 6.45) is 0. The van der Waals surface area contributed by atoms with E-state index in [4.69, 9.17) is 36.8 Å². The zero-order valence-corrected chi connectivity index (χ0v) is 17.5. The molecular weight excluding hydrogens is 435 g/mol. The molecule has 7 nitrogen and oxygen atoms in total. The van der Waals surface area contributed by atoms with Crippen molar-refractivity contribution in [3.8, 4) is 17.2 Å². The van der Waals surface area contributed by atoms with Crippen molar-refractivity contribution in [2.75, 3.05) is 0 Å². The van der Waals surface area contributed by atoms with Crippen molar-refractivity contribution < 1.29 is 13.6 Å². The quantitative estimate of drug-likeness (QED) is 0.337. The van der Waals surface area contributed by atoms with Crippen LogP contribution in [0.3, 0.4) is 0 Å². The molecule has 4 aromatic rings. The van der Waals surface area contributed by atoms with Crippen molar-refractivity contribution >= 4 is 35.0 Å². The van der Waals surface area contributed by atoms with Gasteiger partial charge in [0, 0.05) is 5.02 Å². The van der Waals surface area contributed by atoms with E-state index in [9.17, 15) is 0 Å². The van der Waals surface area contributed by atoms with Crippen LogP contribution in [0.1, 0.15) is 17.3 Å². The molecule has 148 valence electrons. The summed E-state index contributed by atoms with van der Waals surface area (Å²) in [7, 11) is 0. The van der Waals surface area contributed by atoms with Crippen molar-refractivity contribution in [3.63, 3.8) is 0 Å². The van der Waals surface area contributed by atoms with Gasteiger partial charge in [0.15, 0.2) is 6.61 Å². The lowest BCUT2D eigenvalue weighted by atomic mass is 10.2. The Balaban J connectivity index is 1.33. The second-order valence-electron chi connectivity index (χ2n) is 5.93. The molecule has 0 saturated carbocycles. The predicted octanol–water partition coefficient (Wildman–Crippen LogP) is 5.61. The maximum Gasteiger partial charge on any atom is 0.277 e. The van der Waals surface area contributed by atoms with E-state index in [1.165, 1.54) is 11.8 Å². The summed E-state index contributed by atoms with van der Waals surface area (Å²) in [6.45, 7) is 2.07. The van der Waals surface area contributed by atoms with E-state index in [0.717, 1.165) is 5.56 Å². The fourth-order valence-corrected chi connectivity index (χ4v) is 3.51. The van der Waals surface area contributed by atoms with Crippen molar-refractivity contribution in [2.24, 2.45) is 0 Å². The highest BCUT2D eigenvalue weighted by Crippen LogP contribution is 2.28. The van der Waals surface area contributed by atoms with Gasteiger partial charge in [-0.2, -0.15) is 0 Å². The van der Waals surface area contributed by atoms with E-state index in [-0.39, 0.29) is 6.61 Å². The summed E-state index contributed by atoms with van der Waals surface area (Å²) in [4.78, 5) is 0. The number of ether oxygens (including phenoxy) is 1. The van der Waals surface area contributed by atoms with E-state index in [1.54, 1.807) is 18.2 Å². The van der Waals surface area contributed by atoms with Gasteiger partial charge in [-0.1, -0.05) is 47.1 Å². The van der Waals surface area contributed by atoms with Crippen LogP contribution in [-0.2, 0) is 12.4 Å². The molecule has 0 saturated heterocycles. The molecule has 2 aromatic heterocycles. The smallest absolute Gasteiger partial charge is 0.277 e. The van der Waals surface area contributed by atoms with Crippen LogP contribution in [0, 0.1) is 6.92 Å². The molecule has 0 aliphatic carbocycles. The first-order valence-electron chi connectivity index (χ1n) is 8.50. The molecule has 0 unspecified atom stereocenters. The minimum atomic E-state index is 0.160. The molecule has 10 heteroatoms. The standard InChI is InChI=1S/C19H14Cl2N4O3S/c1-11-8-12(20)6-7-15(11)26-9-16-22-25-19(28-16)29-10-17-23-24-18(27-17)13-4-2-3-5-14(13)21/h2-8H,9-10H2,1H3. The predicted molar refractivity (Wildman–Crippen MR) is 109 cm³/mol. The average molecular weight is 449 g/mol. The third-order valence-electron chi connectivity index (χ3n) is 3.83. The summed E-state index contributed by atoms with van der Waals surface area (Å²) in [5.41, 5.74) is 1.62. The lowest BCUT2D eigenvalue weighted by Gasteiger charge is -2.06. The Bertz CT molecular complexity index is 1130. The van der Waals surface area contributed by atoms with Gasteiger partial charge in [0.25, 0.3) is 11.1 Å². The number of aryl methyl sites for hydroxylation is 1. The van der Waals surface area contributed by atoms with Crippen LogP contribution in [0.25, 0.3) is 11.5 Å². The summed E-state index contributed by atoms with van der Waals surface area (Å²) in [5.74, 6) is 2.25. The molecule has 0 fully saturated rings. The molecule has 4 rings (SSSR count). The molecule has 2 aromatic carbocycles. The maximum atomic E-state index is 6.15. The Kier molecular flexibility index (Phi) is 6.03. The number of hydrogen-bond acceptors (Lipinski definition) is 8. The number of halogens is 2. The number of aromatic nitrogens is 4. The maximum absolute atomic E-state index is 6.15. The van der Waals surface area contributed by atoms with Gasteiger partial charge >= 0.3 is 0 Å². The summed E-state index contributed by atoms with van der Waals surface area (Å²) in [6, 6.07) is 12.7. The SMILES string of the molecule is Cc1cc(Cl)ccc1OCc1nnc(SCc2nnc(-c3ccccc3Cl)o2)o1. The first-order chi connectivity index (χ1) is 14.1. The lowest BCUT2D eigenvalue weighted by molar-refractivity contribution is 0.250. The number of benzene rings is 2.